The summed E-state index contributed by atoms with van der Waals surface area (Å²) in [5.74, 6) is 0.948. The second-order valence-electron chi connectivity index (χ2n) is 5.99. The molecule has 1 unspecified atom stereocenters. The zero-order chi connectivity index (χ0) is 17.8. The predicted molar refractivity (Wildman–Crippen MR) is 91.7 cm³/mol. The average Bonchev–Trinajstić information content (AvgIpc) is 2.59. The summed E-state index contributed by atoms with van der Waals surface area (Å²) in [6.07, 6.45) is 3.32. The monoisotopic (exact) mass is 343 g/mol. The van der Waals surface area contributed by atoms with E-state index in [0.717, 1.165) is 25.0 Å². The summed E-state index contributed by atoms with van der Waals surface area (Å²) in [5.41, 5.74) is 13.4. The number of benzene rings is 1. The topological polar surface area (TPSA) is 126 Å². The van der Waals surface area contributed by atoms with Crippen LogP contribution in [0.15, 0.2) is 18.2 Å². The van der Waals surface area contributed by atoms with Crippen LogP contribution in [-0.4, -0.2) is 28.0 Å². The van der Waals surface area contributed by atoms with Gasteiger partial charge in [0.25, 0.3) is 0 Å². The van der Waals surface area contributed by atoms with Crippen molar-refractivity contribution in [3.63, 3.8) is 0 Å². The predicted octanol–water partition coefficient (Wildman–Crippen LogP) is 1.60. The molecule has 0 saturated carbocycles. The first-order chi connectivity index (χ1) is 12.0. The van der Waals surface area contributed by atoms with E-state index in [1.165, 1.54) is 11.1 Å². The number of aromatic nitrogens is 3. The van der Waals surface area contributed by atoms with Crippen molar-refractivity contribution in [3.05, 3.63) is 35.2 Å². The summed E-state index contributed by atoms with van der Waals surface area (Å²) in [5, 5.41) is 0. The first-order valence-electron chi connectivity index (χ1n) is 8.13. The molecule has 0 bridgehead atoms. The minimum absolute atomic E-state index is 0.00806. The smallest absolute Gasteiger partial charge is 0.306 e. The number of nitrogen functional groups attached to an aromatic ring is 2. The molecule has 1 aliphatic carbocycles. The van der Waals surface area contributed by atoms with Crippen LogP contribution < -0.4 is 16.2 Å². The van der Waals surface area contributed by atoms with Gasteiger partial charge in [0.15, 0.2) is 12.4 Å². The molecular formula is C17H21N5O3. The highest BCUT2D eigenvalue weighted by atomic mass is 16.5. The minimum atomic E-state index is -0.300. The molecule has 8 nitrogen and oxygen atoms in total. The van der Waals surface area contributed by atoms with Gasteiger partial charge in [-0.1, -0.05) is 6.07 Å². The van der Waals surface area contributed by atoms with Gasteiger partial charge in [0.1, 0.15) is 5.75 Å². The van der Waals surface area contributed by atoms with E-state index in [9.17, 15) is 4.79 Å². The quantitative estimate of drug-likeness (QED) is 0.784. The lowest BCUT2D eigenvalue weighted by atomic mass is 9.81. The maximum absolute atomic E-state index is 12.2. The van der Waals surface area contributed by atoms with Gasteiger partial charge in [-0.05, 0) is 48.4 Å². The summed E-state index contributed by atoms with van der Waals surface area (Å²) in [4.78, 5) is 23.7. The summed E-state index contributed by atoms with van der Waals surface area (Å²) in [6, 6.07) is 6.01. The van der Waals surface area contributed by atoms with Gasteiger partial charge < -0.3 is 20.9 Å². The summed E-state index contributed by atoms with van der Waals surface area (Å²) in [6.45, 7) is -0.0715. The molecule has 0 aliphatic heterocycles. The molecule has 1 aromatic carbocycles. The molecule has 1 aromatic heterocycles. The number of anilines is 2. The molecule has 25 heavy (non-hydrogen) atoms. The fourth-order valence-corrected chi connectivity index (χ4v) is 3.16. The van der Waals surface area contributed by atoms with E-state index in [2.05, 4.69) is 15.0 Å². The fourth-order valence-electron chi connectivity index (χ4n) is 3.16. The fraction of sp³-hybridized carbons (Fsp3) is 0.412. The zero-order valence-electron chi connectivity index (χ0n) is 14.1. The second-order valence-corrected chi connectivity index (χ2v) is 5.99. The number of hydrogen-bond donors (Lipinski definition) is 2. The molecule has 0 saturated heterocycles. The van der Waals surface area contributed by atoms with Crippen LogP contribution in [0.3, 0.4) is 0 Å². The second kappa shape index (κ2) is 7.33. The number of hydrogen-bond acceptors (Lipinski definition) is 8. The van der Waals surface area contributed by atoms with E-state index in [-0.39, 0.29) is 36.2 Å². The Morgan fingerprint density at radius 3 is 2.72 bits per heavy atom. The standard InChI is InChI=1S/C17H21N5O3/c1-24-12-5-6-13-10(7-12)3-2-4-11(13)8-15(23)25-9-14-20-16(18)22-17(19)21-14/h5-7,11H,2-4,8-9H2,1H3,(H4,18,19,20,21,22). The Morgan fingerprint density at radius 2 is 2.00 bits per heavy atom. The molecular weight excluding hydrogens is 322 g/mol. The van der Waals surface area contributed by atoms with Crippen molar-refractivity contribution < 1.29 is 14.3 Å². The van der Waals surface area contributed by atoms with Crippen LogP contribution in [0.2, 0.25) is 0 Å². The third-order valence-corrected chi connectivity index (χ3v) is 4.28. The molecule has 0 spiro atoms. The van der Waals surface area contributed by atoms with E-state index in [4.69, 9.17) is 20.9 Å². The van der Waals surface area contributed by atoms with Crippen molar-refractivity contribution in [1.29, 1.82) is 0 Å². The number of nitrogens with zero attached hydrogens (tertiary/aromatic N) is 3. The molecule has 8 heteroatoms. The number of ether oxygens (including phenoxy) is 2. The molecule has 1 atom stereocenters. The highest BCUT2D eigenvalue weighted by Gasteiger charge is 2.24. The maximum Gasteiger partial charge on any atom is 0.306 e. The Kier molecular flexibility index (Phi) is 4.97. The Labute approximate surface area is 145 Å². The first-order valence-corrected chi connectivity index (χ1v) is 8.13. The Morgan fingerprint density at radius 1 is 1.24 bits per heavy atom. The first kappa shape index (κ1) is 16.9. The number of esters is 1. The zero-order valence-corrected chi connectivity index (χ0v) is 14.1. The van der Waals surface area contributed by atoms with Crippen molar-refractivity contribution in [3.8, 4) is 5.75 Å². The Hall–Kier alpha value is -2.90. The number of fused-ring (bicyclic) bond motifs is 1. The van der Waals surface area contributed by atoms with Gasteiger partial charge in [-0.15, -0.1) is 0 Å². The van der Waals surface area contributed by atoms with Gasteiger partial charge in [0.05, 0.1) is 13.5 Å². The Bertz CT molecular complexity index is 761. The molecule has 2 aromatic rings. The van der Waals surface area contributed by atoms with Gasteiger partial charge in [-0.3, -0.25) is 4.79 Å². The minimum Gasteiger partial charge on any atom is -0.497 e. The SMILES string of the molecule is COc1ccc2c(c1)CCCC2CC(=O)OCc1nc(N)nc(N)n1. The highest BCUT2D eigenvalue weighted by Crippen LogP contribution is 2.36. The molecule has 3 rings (SSSR count). The third-order valence-electron chi connectivity index (χ3n) is 4.28. The van der Waals surface area contributed by atoms with E-state index in [1.807, 2.05) is 18.2 Å². The lowest BCUT2D eigenvalue weighted by Crippen LogP contribution is -2.16. The number of carbonyl (C=O) groups excluding carboxylic acids is 1. The molecule has 0 fully saturated rings. The number of methoxy groups -OCH3 is 1. The summed E-state index contributed by atoms with van der Waals surface area (Å²) >= 11 is 0. The maximum atomic E-state index is 12.2. The van der Waals surface area contributed by atoms with E-state index < -0.39 is 0 Å². The van der Waals surface area contributed by atoms with Gasteiger partial charge in [0, 0.05) is 0 Å². The van der Waals surface area contributed by atoms with E-state index in [1.54, 1.807) is 7.11 Å². The van der Waals surface area contributed by atoms with Crippen LogP contribution in [0.25, 0.3) is 0 Å². The third kappa shape index (κ3) is 4.14. The van der Waals surface area contributed by atoms with Gasteiger partial charge >= 0.3 is 5.97 Å². The number of nitrogens with two attached hydrogens (primary N) is 2. The van der Waals surface area contributed by atoms with E-state index in [0.29, 0.717) is 6.42 Å². The van der Waals surface area contributed by atoms with Crippen molar-refractivity contribution >= 4 is 17.9 Å². The number of rotatable bonds is 5. The molecule has 0 radical (unpaired) electrons. The van der Waals surface area contributed by atoms with Crippen LogP contribution in [0.1, 0.15) is 42.1 Å². The van der Waals surface area contributed by atoms with Crippen molar-refractivity contribution in [2.45, 2.75) is 38.2 Å². The van der Waals surface area contributed by atoms with E-state index >= 15 is 0 Å². The lowest BCUT2D eigenvalue weighted by Gasteiger charge is -2.25. The van der Waals surface area contributed by atoms with Gasteiger partial charge in [-0.25, -0.2) is 0 Å². The van der Waals surface area contributed by atoms with Crippen molar-refractivity contribution in [2.75, 3.05) is 18.6 Å². The van der Waals surface area contributed by atoms with Crippen molar-refractivity contribution in [1.82, 2.24) is 15.0 Å². The largest absolute Gasteiger partial charge is 0.497 e. The molecule has 1 heterocycles. The number of carbonyl (C=O) groups is 1. The van der Waals surface area contributed by atoms with Crippen LogP contribution in [0.5, 0.6) is 5.75 Å². The number of aryl methyl sites for hydroxylation is 1. The van der Waals surface area contributed by atoms with Crippen LogP contribution in [0.4, 0.5) is 11.9 Å². The average molecular weight is 343 g/mol. The van der Waals surface area contributed by atoms with Gasteiger partial charge in [-0.2, -0.15) is 15.0 Å². The van der Waals surface area contributed by atoms with Crippen molar-refractivity contribution in [2.24, 2.45) is 0 Å². The molecule has 132 valence electrons. The highest BCUT2D eigenvalue weighted by molar-refractivity contribution is 5.70. The molecule has 4 N–H and O–H groups in total. The van der Waals surface area contributed by atoms with Crippen LogP contribution >= 0.6 is 0 Å². The van der Waals surface area contributed by atoms with Crippen LogP contribution in [-0.2, 0) is 22.6 Å². The normalized spacial score (nSPS) is 16.1. The molecule has 1 aliphatic rings. The summed E-state index contributed by atoms with van der Waals surface area (Å²) in [7, 11) is 1.65. The summed E-state index contributed by atoms with van der Waals surface area (Å²) < 4.78 is 10.5. The van der Waals surface area contributed by atoms with Gasteiger partial charge in [0.2, 0.25) is 11.9 Å². The molecule has 0 amide bonds. The Balaban J connectivity index is 1.62. The lowest BCUT2D eigenvalue weighted by molar-refractivity contribution is -0.145. The van der Waals surface area contributed by atoms with Crippen LogP contribution in [0, 0.1) is 0 Å².